The Kier molecular flexibility index (Phi) is 10.5. The van der Waals surface area contributed by atoms with Gasteiger partial charge in [0, 0.05) is 52.5 Å². The summed E-state index contributed by atoms with van der Waals surface area (Å²) in [5.41, 5.74) is 9.77. The number of nitrogens with one attached hydrogen (secondary N) is 3. The van der Waals surface area contributed by atoms with Crippen molar-refractivity contribution in [3.05, 3.63) is 66.6 Å². The summed E-state index contributed by atoms with van der Waals surface area (Å²) >= 11 is 0. The maximum atomic E-state index is 12.4. The summed E-state index contributed by atoms with van der Waals surface area (Å²) < 4.78 is 9.85. The summed E-state index contributed by atoms with van der Waals surface area (Å²) in [5, 5.41) is 4.71. The second kappa shape index (κ2) is 14.1. The summed E-state index contributed by atoms with van der Waals surface area (Å²) in [6.45, 7) is 11.8. The molecule has 4 heterocycles. The first-order valence-electron chi connectivity index (χ1n) is 15.5. The standard InChI is InChI=1S/C35H44N4O6/c1-9-22-21(6)34(42)39-29(22)16-27-20(5)25(12-14-33(41)45-8)31(37-27)17-30-24(11-13-32(40)44-7)19(4)26(36-30)15-28-18(3)23(10-2)35(43)38-28/h15,17,29,36-37H,9-14,16H2,1-8H3,(H,39,42)/t29-/m1/s1. The summed E-state index contributed by atoms with van der Waals surface area (Å²) in [4.78, 5) is 60.6. The smallest absolute Gasteiger partial charge is 0.305 e. The van der Waals surface area contributed by atoms with Crippen LogP contribution in [0.15, 0.2) is 27.3 Å². The Morgan fingerprint density at radius 1 is 0.822 bits per heavy atom. The first-order valence-corrected chi connectivity index (χ1v) is 15.5. The van der Waals surface area contributed by atoms with Gasteiger partial charge >= 0.3 is 11.9 Å². The number of amides is 2. The molecule has 10 heteroatoms. The second-order valence-corrected chi connectivity index (χ2v) is 11.6. The highest BCUT2D eigenvalue weighted by Crippen LogP contribution is 2.27. The Hall–Kier alpha value is -4.47. The van der Waals surface area contributed by atoms with E-state index in [0.29, 0.717) is 37.0 Å². The highest BCUT2D eigenvalue weighted by molar-refractivity contribution is 6.30. The molecule has 0 saturated heterocycles. The molecule has 2 amide bonds. The predicted molar refractivity (Wildman–Crippen MR) is 173 cm³/mol. The molecule has 0 spiro atoms. The predicted octanol–water partition coefficient (Wildman–Crippen LogP) is 3.26. The number of aliphatic imine (C=N–C) groups is 1. The van der Waals surface area contributed by atoms with Crippen molar-refractivity contribution >= 4 is 41.6 Å². The van der Waals surface area contributed by atoms with Crippen LogP contribution < -0.4 is 16.0 Å². The van der Waals surface area contributed by atoms with Crippen molar-refractivity contribution in [1.29, 1.82) is 0 Å². The fraction of sp³-hybridized carbons (Fsp3) is 0.457. The number of carbonyl (C=O) groups is 4. The van der Waals surface area contributed by atoms with Gasteiger partial charge in [-0.3, -0.25) is 19.2 Å². The minimum Gasteiger partial charge on any atom is -0.469 e. The molecule has 0 unspecified atom stereocenters. The van der Waals surface area contributed by atoms with E-state index in [4.69, 9.17) is 9.47 Å². The lowest BCUT2D eigenvalue weighted by atomic mass is 9.96. The zero-order valence-corrected chi connectivity index (χ0v) is 27.6. The lowest BCUT2D eigenvalue weighted by Gasteiger charge is -2.14. The van der Waals surface area contributed by atoms with Crippen molar-refractivity contribution in [3.8, 4) is 0 Å². The highest BCUT2D eigenvalue weighted by atomic mass is 16.5. The van der Waals surface area contributed by atoms with Gasteiger partial charge in [0.1, 0.15) is 0 Å². The van der Waals surface area contributed by atoms with E-state index in [9.17, 15) is 19.2 Å². The number of nitrogens with zero attached hydrogens (tertiary/aromatic N) is 1. The quantitative estimate of drug-likeness (QED) is 0.313. The number of carbonyl (C=O) groups excluding carboxylic acids is 4. The molecule has 0 aromatic carbocycles. The first kappa shape index (κ1) is 33.4. The molecule has 2 aromatic heterocycles. The molecule has 4 rings (SSSR count). The van der Waals surface area contributed by atoms with Crippen molar-refractivity contribution in [2.75, 3.05) is 14.2 Å². The first-order chi connectivity index (χ1) is 21.4. The van der Waals surface area contributed by atoms with Gasteiger partial charge in [0.05, 0.1) is 26.0 Å². The molecule has 0 aliphatic carbocycles. The molecule has 0 radical (unpaired) electrons. The average molecular weight is 617 g/mol. The van der Waals surface area contributed by atoms with Crippen LogP contribution in [0.2, 0.25) is 0 Å². The van der Waals surface area contributed by atoms with Crippen molar-refractivity contribution in [2.24, 2.45) is 4.99 Å². The van der Waals surface area contributed by atoms with Gasteiger partial charge in [-0.1, -0.05) is 13.8 Å². The van der Waals surface area contributed by atoms with Gasteiger partial charge in [0.2, 0.25) is 5.91 Å². The highest BCUT2D eigenvalue weighted by Gasteiger charge is 2.29. The molecule has 0 bridgehead atoms. The summed E-state index contributed by atoms with van der Waals surface area (Å²) in [6, 6.07) is -0.107. The van der Waals surface area contributed by atoms with E-state index >= 15 is 0 Å². The maximum Gasteiger partial charge on any atom is 0.305 e. The lowest BCUT2D eigenvalue weighted by molar-refractivity contribution is -0.141. The van der Waals surface area contributed by atoms with Crippen LogP contribution >= 0.6 is 0 Å². The van der Waals surface area contributed by atoms with E-state index in [2.05, 4.69) is 27.2 Å². The van der Waals surface area contributed by atoms with E-state index in [1.807, 2.05) is 46.8 Å². The van der Waals surface area contributed by atoms with Crippen LogP contribution in [0.5, 0.6) is 0 Å². The fourth-order valence-electron chi connectivity index (χ4n) is 6.36. The van der Waals surface area contributed by atoms with Gasteiger partial charge < -0.3 is 24.8 Å². The number of H-pyrrole nitrogens is 2. The van der Waals surface area contributed by atoms with E-state index in [1.54, 1.807) is 0 Å². The summed E-state index contributed by atoms with van der Waals surface area (Å²) in [7, 11) is 2.75. The molecule has 240 valence electrons. The normalized spacial score (nSPS) is 17.5. The third-order valence-corrected chi connectivity index (χ3v) is 9.16. The lowest BCUT2D eigenvalue weighted by Crippen LogP contribution is -2.31. The van der Waals surface area contributed by atoms with Crippen LogP contribution in [0.4, 0.5) is 0 Å². The van der Waals surface area contributed by atoms with E-state index in [0.717, 1.165) is 67.5 Å². The number of hydrogen-bond acceptors (Lipinski definition) is 6. The Balaban J connectivity index is 1.86. The van der Waals surface area contributed by atoms with Gasteiger partial charge in [-0.05, 0) is 98.9 Å². The summed E-state index contributed by atoms with van der Waals surface area (Å²) in [5.74, 6) is -0.854. The van der Waals surface area contributed by atoms with Crippen LogP contribution in [0, 0.1) is 13.8 Å². The molecular formula is C35H44N4O6. The van der Waals surface area contributed by atoms with Gasteiger partial charge in [-0.15, -0.1) is 0 Å². The Labute approximate surface area is 263 Å². The second-order valence-electron chi connectivity index (χ2n) is 11.6. The third kappa shape index (κ3) is 6.95. The van der Waals surface area contributed by atoms with Crippen LogP contribution in [0.1, 0.15) is 87.0 Å². The number of esters is 2. The van der Waals surface area contributed by atoms with Gasteiger partial charge in [0.15, 0.2) is 0 Å². The number of ether oxygens (including phenoxy) is 2. The molecule has 2 aliphatic heterocycles. The van der Waals surface area contributed by atoms with Gasteiger partial charge in [0.25, 0.3) is 5.91 Å². The molecule has 45 heavy (non-hydrogen) atoms. The number of aromatic nitrogens is 2. The number of hydrogen-bond donors (Lipinski definition) is 3. The topological polar surface area (TPSA) is 143 Å². The van der Waals surface area contributed by atoms with Crippen LogP contribution in [0.3, 0.4) is 0 Å². The molecule has 2 aromatic rings. The van der Waals surface area contributed by atoms with Crippen molar-refractivity contribution in [3.63, 3.8) is 0 Å². The molecule has 2 aliphatic rings. The Morgan fingerprint density at radius 3 is 2.04 bits per heavy atom. The van der Waals surface area contributed by atoms with Crippen LogP contribution in [-0.2, 0) is 47.9 Å². The average Bonchev–Trinajstić information content (AvgIpc) is 3.66. The monoisotopic (exact) mass is 616 g/mol. The van der Waals surface area contributed by atoms with E-state index < -0.39 is 0 Å². The van der Waals surface area contributed by atoms with Gasteiger partial charge in [-0.2, -0.15) is 0 Å². The molecular weight excluding hydrogens is 572 g/mol. The molecule has 0 fully saturated rings. The van der Waals surface area contributed by atoms with Crippen molar-refractivity contribution in [1.82, 2.24) is 15.3 Å². The Morgan fingerprint density at radius 2 is 1.47 bits per heavy atom. The maximum absolute atomic E-state index is 12.4. The van der Waals surface area contributed by atoms with Gasteiger partial charge in [-0.25, -0.2) is 4.99 Å². The molecule has 0 saturated carbocycles. The number of allylic oxidation sites excluding steroid dienone is 1. The minimum absolute atomic E-state index is 0.0376. The largest absolute Gasteiger partial charge is 0.469 e. The van der Waals surface area contributed by atoms with Crippen LogP contribution in [-0.4, -0.2) is 59.7 Å². The number of methoxy groups -OCH3 is 2. The SMILES string of the molecule is CCC1=C(C)C(C=c2[nH]c(=Cc3[nH]c(C[C@H]4NC(=O)C(C)=C4CC)c(C)c3CCC(=O)OC)c(CCC(=O)OC)c2C)=NC1=O. The zero-order valence-electron chi connectivity index (χ0n) is 27.6. The zero-order chi connectivity index (χ0) is 33.0. The van der Waals surface area contributed by atoms with E-state index in [1.165, 1.54) is 14.2 Å². The van der Waals surface area contributed by atoms with Crippen molar-refractivity contribution < 1.29 is 28.7 Å². The summed E-state index contributed by atoms with van der Waals surface area (Å²) in [6.07, 6.45) is 7.20. The molecule has 1 atom stereocenters. The van der Waals surface area contributed by atoms with Crippen LogP contribution in [0.25, 0.3) is 12.2 Å². The van der Waals surface area contributed by atoms with E-state index in [-0.39, 0.29) is 42.6 Å². The van der Waals surface area contributed by atoms with Crippen molar-refractivity contribution in [2.45, 2.75) is 92.5 Å². The number of aromatic amines is 2. The third-order valence-electron chi connectivity index (χ3n) is 9.16. The molecule has 10 nitrogen and oxygen atoms in total. The molecule has 3 N–H and O–H groups in total. The minimum atomic E-state index is -0.310. The fourth-order valence-corrected chi connectivity index (χ4v) is 6.36. The number of rotatable bonds is 12. The Bertz CT molecular complexity index is 1760.